The molecule has 0 spiro atoms. The van der Waals surface area contributed by atoms with Gasteiger partial charge in [0.15, 0.2) is 0 Å². The number of aromatic nitrogens is 5. The van der Waals surface area contributed by atoms with E-state index in [0.29, 0.717) is 10.9 Å². The van der Waals surface area contributed by atoms with E-state index >= 15 is 0 Å². The highest BCUT2D eigenvalue weighted by Gasteiger charge is 2.11. The lowest BCUT2D eigenvalue weighted by atomic mass is 10.2. The molecule has 0 amide bonds. The van der Waals surface area contributed by atoms with Gasteiger partial charge >= 0.3 is 0 Å². The minimum atomic E-state index is 0.436. The van der Waals surface area contributed by atoms with Crippen molar-refractivity contribution in [1.29, 1.82) is 0 Å². The standard InChI is InChI=1S/C13H13ClN6/c1-9-11(14)19-13-17-8-18-20(13)12(9)16-7-5-10-4-2-3-6-15-10/h2-4,6,8,16H,5,7H2,1H3. The predicted octanol–water partition coefficient (Wildman–Crippen LogP) is 2.14. The maximum absolute atomic E-state index is 6.10. The van der Waals surface area contributed by atoms with Gasteiger partial charge in [0.05, 0.1) is 0 Å². The van der Waals surface area contributed by atoms with Gasteiger partial charge in [-0.15, -0.1) is 0 Å². The van der Waals surface area contributed by atoms with Gasteiger partial charge in [-0.1, -0.05) is 17.7 Å². The molecule has 3 aromatic heterocycles. The molecule has 0 radical (unpaired) electrons. The van der Waals surface area contributed by atoms with E-state index in [1.54, 1.807) is 10.7 Å². The van der Waals surface area contributed by atoms with Gasteiger partial charge in [0.25, 0.3) is 5.78 Å². The van der Waals surface area contributed by atoms with E-state index in [4.69, 9.17) is 11.6 Å². The monoisotopic (exact) mass is 288 g/mol. The average molecular weight is 289 g/mol. The van der Waals surface area contributed by atoms with E-state index < -0.39 is 0 Å². The molecule has 3 heterocycles. The maximum atomic E-state index is 6.10. The van der Waals surface area contributed by atoms with Crippen LogP contribution in [0.4, 0.5) is 5.82 Å². The first-order valence-electron chi connectivity index (χ1n) is 6.25. The smallest absolute Gasteiger partial charge is 0.255 e. The zero-order valence-corrected chi connectivity index (χ0v) is 11.7. The molecular weight excluding hydrogens is 276 g/mol. The summed E-state index contributed by atoms with van der Waals surface area (Å²) in [6.07, 6.45) is 4.07. The zero-order valence-electron chi connectivity index (χ0n) is 10.9. The Kier molecular flexibility index (Phi) is 3.47. The molecule has 0 aliphatic carbocycles. The minimum absolute atomic E-state index is 0.436. The summed E-state index contributed by atoms with van der Waals surface area (Å²) >= 11 is 6.10. The molecule has 3 rings (SSSR count). The summed E-state index contributed by atoms with van der Waals surface area (Å²) in [5.74, 6) is 1.30. The van der Waals surface area contributed by atoms with Crippen LogP contribution in [0.5, 0.6) is 0 Å². The molecule has 0 saturated heterocycles. The van der Waals surface area contributed by atoms with Crippen molar-refractivity contribution in [2.24, 2.45) is 0 Å². The summed E-state index contributed by atoms with van der Waals surface area (Å²) in [5, 5.41) is 7.92. The number of anilines is 1. The second kappa shape index (κ2) is 5.42. The fourth-order valence-electron chi connectivity index (χ4n) is 1.96. The third-order valence-electron chi connectivity index (χ3n) is 3.00. The van der Waals surface area contributed by atoms with E-state index in [9.17, 15) is 0 Å². The molecule has 6 nitrogen and oxygen atoms in total. The summed E-state index contributed by atoms with van der Waals surface area (Å²) < 4.78 is 1.65. The van der Waals surface area contributed by atoms with Gasteiger partial charge in [-0.05, 0) is 19.1 Å². The number of fused-ring (bicyclic) bond motifs is 1. The van der Waals surface area contributed by atoms with Crippen molar-refractivity contribution in [3.8, 4) is 0 Å². The first-order chi connectivity index (χ1) is 9.75. The molecule has 0 fully saturated rings. The van der Waals surface area contributed by atoms with Gasteiger partial charge < -0.3 is 5.32 Å². The van der Waals surface area contributed by atoms with Gasteiger partial charge in [0, 0.05) is 30.4 Å². The number of nitrogens with zero attached hydrogens (tertiary/aromatic N) is 5. The Morgan fingerprint density at radius 2 is 2.20 bits per heavy atom. The molecular formula is C13H13ClN6. The normalized spacial score (nSPS) is 10.9. The molecule has 0 aromatic carbocycles. The topological polar surface area (TPSA) is 68.0 Å². The molecule has 0 aliphatic rings. The number of hydrogen-bond donors (Lipinski definition) is 1. The fraction of sp³-hybridized carbons (Fsp3) is 0.231. The Balaban J connectivity index is 1.80. The lowest BCUT2D eigenvalue weighted by molar-refractivity contribution is 0.892. The number of hydrogen-bond acceptors (Lipinski definition) is 5. The van der Waals surface area contributed by atoms with E-state index in [2.05, 4.69) is 25.4 Å². The second-order valence-corrected chi connectivity index (χ2v) is 4.70. The maximum Gasteiger partial charge on any atom is 0.255 e. The molecule has 0 aliphatic heterocycles. The summed E-state index contributed by atoms with van der Waals surface area (Å²) in [5.41, 5.74) is 1.89. The van der Waals surface area contributed by atoms with Gasteiger partial charge in [-0.25, -0.2) is 0 Å². The third-order valence-corrected chi connectivity index (χ3v) is 3.37. The Hall–Kier alpha value is -2.21. The third kappa shape index (κ3) is 2.42. The van der Waals surface area contributed by atoms with Crippen LogP contribution < -0.4 is 5.32 Å². The van der Waals surface area contributed by atoms with Gasteiger partial charge in [0.2, 0.25) is 0 Å². The van der Waals surface area contributed by atoms with Crippen molar-refractivity contribution < 1.29 is 0 Å². The number of halogens is 1. The van der Waals surface area contributed by atoms with Gasteiger partial charge in [-0.2, -0.15) is 19.6 Å². The Morgan fingerprint density at radius 3 is 3.00 bits per heavy atom. The van der Waals surface area contributed by atoms with Gasteiger partial charge in [0.1, 0.15) is 17.3 Å². The van der Waals surface area contributed by atoms with Crippen molar-refractivity contribution >= 4 is 23.2 Å². The number of nitrogens with one attached hydrogen (secondary N) is 1. The lowest BCUT2D eigenvalue weighted by Gasteiger charge is -2.11. The second-order valence-electron chi connectivity index (χ2n) is 4.35. The van der Waals surface area contributed by atoms with Crippen molar-refractivity contribution in [2.45, 2.75) is 13.3 Å². The van der Waals surface area contributed by atoms with Crippen LogP contribution in [0.15, 0.2) is 30.7 Å². The fourth-order valence-corrected chi connectivity index (χ4v) is 2.13. The first kappa shape index (κ1) is 12.8. The van der Waals surface area contributed by atoms with E-state index in [1.165, 1.54) is 6.33 Å². The predicted molar refractivity (Wildman–Crippen MR) is 77.0 cm³/mol. The van der Waals surface area contributed by atoms with Crippen molar-refractivity contribution in [1.82, 2.24) is 24.6 Å². The molecule has 0 atom stereocenters. The van der Waals surface area contributed by atoms with E-state index in [0.717, 1.165) is 30.0 Å². The van der Waals surface area contributed by atoms with Crippen LogP contribution >= 0.6 is 11.6 Å². The van der Waals surface area contributed by atoms with Crippen LogP contribution in [0.3, 0.4) is 0 Å². The van der Waals surface area contributed by atoms with Crippen molar-refractivity contribution in [2.75, 3.05) is 11.9 Å². The molecule has 1 N–H and O–H groups in total. The molecule has 20 heavy (non-hydrogen) atoms. The average Bonchev–Trinajstić information content (AvgIpc) is 2.92. The molecule has 0 unspecified atom stereocenters. The first-order valence-corrected chi connectivity index (χ1v) is 6.63. The van der Waals surface area contributed by atoms with E-state index in [1.807, 2.05) is 25.1 Å². The lowest BCUT2D eigenvalue weighted by Crippen LogP contribution is -2.12. The summed E-state index contributed by atoms with van der Waals surface area (Å²) in [6.45, 7) is 2.63. The van der Waals surface area contributed by atoms with Crippen molar-refractivity contribution in [3.05, 3.63) is 47.1 Å². The highest BCUT2D eigenvalue weighted by atomic mass is 35.5. The largest absolute Gasteiger partial charge is 0.369 e. The quantitative estimate of drug-likeness (QED) is 0.745. The molecule has 102 valence electrons. The number of rotatable bonds is 4. The zero-order chi connectivity index (χ0) is 13.9. The molecule has 7 heteroatoms. The van der Waals surface area contributed by atoms with Crippen molar-refractivity contribution in [3.63, 3.8) is 0 Å². The highest BCUT2D eigenvalue weighted by molar-refractivity contribution is 6.30. The van der Waals surface area contributed by atoms with Crippen LogP contribution in [0.2, 0.25) is 5.15 Å². The summed E-state index contributed by atoms with van der Waals surface area (Å²) in [7, 11) is 0. The van der Waals surface area contributed by atoms with E-state index in [-0.39, 0.29) is 0 Å². The SMILES string of the molecule is Cc1c(Cl)nc2ncnn2c1NCCc1ccccn1. The summed E-state index contributed by atoms with van der Waals surface area (Å²) in [4.78, 5) is 12.5. The minimum Gasteiger partial charge on any atom is -0.369 e. The molecule has 3 aromatic rings. The molecule has 0 saturated carbocycles. The van der Waals surface area contributed by atoms with Crippen LogP contribution in [0, 0.1) is 6.92 Å². The number of pyridine rings is 1. The Labute approximate surface area is 120 Å². The van der Waals surface area contributed by atoms with Crippen LogP contribution in [0.1, 0.15) is 11.3 Å². The summed E-state index contributed by atoms with van der Waals surface area (Å²) in [6, 6.07) is 5.88. The Morgan fingerprint density at radius 1 is 1.30 bits per heavy atom. The highest BCUT2D eigenvalue weighted by Crippen LogP contribution is 2.21. The van der Waals surface area contributed by atoms with Crippen LogP contribution in [-0.4, -0.2) is 31.1 Å². The van der Waals surface area contributed by atoms with Gasteiger partial charge in [-0.3, -0.25) is 4.98 Å². The van der Waals surface area contributed by atoms with Crippen LogP contribution in [0.25, 0.3) is 5.78 Å². The molecule has 0 bridgehead atoms. The van der Waals surface area contributed by atoms with Crippen LogP contribution in [-0.2, 0) is 6.42 Å². The Bertz CT molecular complexity index is 724.